The Bertz CT molecular complexity index is 599. The second kappa shape index (κ2) is 5.62. The minimum absolute atomic E-state index is 0.0263. The van der Waals surface area contributed by atoms with Crippen molar-refractivity contribution in [2.75, 3.05) is 27.3 Å². The first kappa shape index (κ1) is 14.9. The van der Waals surface area contributed by atoms with Gasteiger partial charge < -0.3 is 19.4 Å². The van der Waals surface area contributed by atoms with Gasteiger partial charge in [-0.15, -0.1) is 0 Å². The molecule has 0 bridgehead atoms. The average Bonchev–Trinajstić information content (AvgIpc) is 2.79. The summed E-state index contributed by atoms with van der Waals surface area (Å²) in [7, 11) is 3.19. The van der Waals surface area contributed by atoms with Crippen LogP contribution >= 0.6 is 0 Å². The molecule has 6 nitrogen and oxygen atoms in total. The molecule has 1 fully saturated rings. The quantitative estimate of drug-likeness (QED) is 0.861. The highest BCUT2D eigenvalue weighted by molar-refractivity contribution is 6.19. The SMILES string of the molecule is COc1ccc(C2=C(O)C3(CCN(OC)CC3)OC2=O)cc1. The molecule has 0 amide bonds. The van der Waals surface area contributed by atoms with Crippen molar-refractivity contribution in [3.05, 3.63) is 35.6 Å². The smallest absolute Gasteiger partial charge is 0.343 e. The molecule has 1 N–H and O–H groups in total. The third-order valence-corrected chi connectivity index (χ3v) is 4.33. The van der Waals surface area contributed by atoms with Crippen molar-refractivity contribution < 1.29 is 24.2 Å². The summed E-state index contributed by atoms with van der Waals surface area (Å²) < 4.78 is 10.6. The topological polar surface area (TPSA) is 68.2 Å². The average molecular weight is 305 g/mol. The van der Waals surface area contributed by atoms with Gasteiger partial charge in [-0.25, -0.2) is 4.79 Å². The lowest BCUT2D eigenvalue weighted by Gasteiger charge is -2.36. The molecule has 0 aliphatic carbocycles. The molecule has 22 heavy (non-hydrogen) atoms. The summed E-state index contributed by atoms with van der Waals surface area (Å²) in [5, 5.41) is 12.4. The number of hydroxylamine groups is 2. The normalized spacial score (nSPS) is 21.3. The van der Waals surface area contributed by atoms with Crippen molar-refractivity contribution in [1.82, 2.24) is 5.06 Å². The number of piperidine rings is 1. The predicted molar refractivity (Wildman–Crippen MR) is 79.2 cm³/mol. The second-order valence-electron chi connectivity index (χ2n) is 5.45. The van der Waals surface area contributed by atoms with E-state index in [1.54, 1.807) is 43.5 Å². The first-order valence-electron chi connectivity index (χ1n) is 7.20. The van der Waals surface area contributed by atoms with E-state index < -0.39 is 11.6 Å². The molecule has 3 rings (SSSR count). The highest BCUT2D eigenvalue weighted by Crippen LogP contribution is 2.43. The second-order valence-corrected chi connectivity index (χ2v) is 5.45. The van der Waals surface area contributed by atoms with Crippen LogP contribution in [0.25, 0.3) is 5.57 Å². The number of carbonyl (C=O) groups excluding carboxylic acids is 1. The summed E-state index contributed by atoms with van der Waals surface area (Å²) in [4.78, 5) is 17.4. The maximum absolute atomic E-state index is 12.2. The third-order valence-electron chi connectivity index (χ3n) is 4.33. The predicted octanol–water partition coefficient (Wildman–Crippen LogP) is 1.92. The van der Waals surface area contributed by atoms with Gasteiger partial charge in [0.25, 0.3) is 0 Å². The fraction of sp³-hybridized carbons (Fsp3) is 0.438. The number of esters is 1. The van der Waals surface area contributed by atoms with Gasteiger partial charge in [0.2, 0.25) is 0 Å². The zero-order valence-corrected chi connectivity index (χ0v) is 12.7. The zero-order chi connectivity index (χ0) is 15.7. The molecule has 2 aliphatic rings. The van der Waals surface area contributed by atoms with Gasteiger partial charge in [-0.3, -0.25) is 0 Å². The summed E-state index contributed by atoms with van der Waals surface area (Å²) in [5.41, 5.74) is -0.0376. The molecular formula is C16H19NO5. The minimum atomic E-state index is -0.915. The summed E-state index contributed by atoms with van der Waals surface area (Å²) in [6.45, 7) is 1.20. The van der Waals surface area contributed by atoms with Crippen LogP contribution in [0.3, 0.4) is 0 Å². The first-order chi connectivity index (χ1) is 10.6. The Labute approximate surface area is 128 Å². The highest BCUT2D eigenvalue weighted by Gasteiger charge is 2.50. The molecule has 0 atom stereocenters. The van der Waals surface area contributed by atoms with Gasteiger partial charge >= 0.3 is 5.97 Å². The molecule has 1 aromatic carbocycles. The van der Waals surface area contributed by atoms with Gasteiger partial charge in [-0.05, 0) is 17.7 Å². The Kier molecular flexibility index (Phi) is 3.80. The first-order valence-corrected chi connectivity index (χ1v) is 7.20. The molecule has 2 aliphatic heterocycles. The highest BCUT2D eigenvalue weighted by atomic mass is 16.7. The van der Waals surface area contributed by atoms with Gasteiger partial charge in [0.15, 0.2) is 11.4 Å². The van der Waals surface area contributed by atoms with Crippen LogP contribution in [-0.2, 0) is 14.4 Å². The maximum atomic E-state index is 12.2. The van der Waals surface area contributed by atoms with E-state index in [0.29, 0.717) is 37.2 Å². The number of nitrogens with zero attached hydrogens (tertiary/aromatic N) is 1. The lowest BCUT2D eigenvalue weighted by molar-refractivity contribution is -0.182. The molecule has 6 heteroatoms. The molecule has 1 aromatic rings. The molecule has 118 valence electrons. The van der Waals surface area contributed by atoms with E-state index in [9.17, 15) is 9.90 Å². The van der Waals surface area contributed by atoms with Gasteiger partial charge in [0, 0.05) is 25.9 Å². The van der Waals surface area contributed by atoms with Crippen LogP contribution in [0.15, 0.2) is 30.0 Å². The zero-order valence-electron chi connectivity index (χ0n) is 12.7. The van der Waals surface area contributed by atoms with E-state index in [0.717, 1.165) is 0 Å². The Morgan fingerprint density at radius 3 is 2.36 bits per heavy atom. The fourth-order valence-corrected chi connectivity index (χ4v) is 2.98. The molecule has 0 aromatic heterocycles. The van der Waals surface area contributed by atoms with Crippen LogP contribution in [0, 0.1) is 0 Å². The number of hydrogen-bond acceptors (Lipinski definition) is 6. The molecule has 1 spiro atoms. The van der Waals surface area contributed by atoms with Crippen molar-refractivity contribution in [2.45, 2.75) is 18.4 Å². The number of aliphatic hydroxyl groups is 1. The number of methoxy groups -OCH3 is 1. The fourth-order valence-electron chi connectivity index (χ4n) is 2.98. The molecular weight excluding hydrogens is 286 g/mol. The van der Waals surface area contributed by atoms with Crippen LogP contribution < -0.4 is 4.74 Å². The van der Waals surface area contributed by atoms with E-state index in [2.05, 4.69) is 0 Å². The minimum Gasteiger partial charge on any atom is -0.507 e. The van der Waals surface area contributed by atoms with E-state index in [4.69, 9.17) is 14.3 Å². The van der Waals surface area contributed by atoms with Crippen molar-refractivity contribution in [1.29, 1.82) is 0 Å². The van der Waals surface area contributed by atoms with Gasteiger partial charge in [0.05, 0.1) is 14.2 Å². The number of ether oxygens (including phenoxy) is 2. The van der Waals surface area contributed by atoms with Crippen molar-refractivity contribution in [3.63, 3.8) is 0 Å². The molecule has 2 heterocycles. The number of hydrogen-bond donors (Lipinski definition) is 1. The monoisotopic (exact) mass is 305 g/mol. The van der Waals surface area contributed by atoms with Crippen LogP contribution in [-0.4, -0.2) is 49.0 Å². The Morgan fingerprint density at radius 2 is 1.82 bits per heavy atom. The van der Waals surface area contributed by atoms with E-state index in [1.807, 2.05) is 0 Å². The Balaban J connectivity index is 1.91. The molecule has 0 saturated carbocycles. The van der Waals surface area contributed by atoms with Crippen molar-refractivity contribution in [3.8, 4) is 5.75 Å². The number of rotatable bonds is 3. The standard InChI is InChI=1S/C16H19NO5/c1-20-12-5-3-11(4-6-12)13-14(18)16(22-15(13)19)7-9-17(21-2)10-8-16/h3-6,18H,7-10H2,1-2H3. The summed E-state index contributed by atoms with van der Waals surface area (Å²) in [5.74, 6) is 0.241. The van der Waals surface area contributed by atoms with Crippen molar-refractivity contribution >= 4 is 11.5 Å². The number of carbonyl (C=O) groups is 1. The molecule has 1 saturated heterocycles. The maximum Gasteiger partial charge on any atom is 0.343 e. The van der Waals surface area contributed by atoms with Crippen LogP contribution in [0.2, 0.25) is 0 Å². The van der Waals surface area contributed by atoms with E-state index in [-0.39, 0.29) is 11.3 Å². The number of benzene rings is 1. The molecule has 0 unspecified atom stereocenters. The Hall–Kier alpha value is -2.05. The lowest BCUT2D eigenvalue weighted by atomic mass is 9.88. The lowest BCUT2D eigenvalue weighted by Crippen LogP contribution is -2.45. The summed E-state index contributed by atoms with van der Waals surface area (Å²) >= 11 is 0. The van der Waals surface area contributed by atoms with Crippen molar-refractivity contribution in [2.24, 2.45) is 0 Å². The third kappa shape index (κ3) is 2.34. The van der Waals surface area contributed by atoms with Gasteiger partial charge in [-0.2, -0.15) is 5.06 Å². The van der Waals surface area contributed by atoms with Gasteiger partial charge in [-0.1, -0.05) is 12.1 Å². The molecule has 0 radical (unpaired) electrons. The van der Waals surface area contributed by atoms with E-state index >= 15 is 0 Å². The summed E-state index contributed by atoms with van der Waals surface area (Å²) in [6.07, 6.45) is 1.02. The van der Waals surface area contributed by atoms with E-state index in [1.165, 1.54) is 0 Å². The van der Waals surface area contributed by atoms with Gasteiger partial charge in [0.1, 0.15) is 11.3 Å². The Morgan fingerprint density at radius 1 is 1.18 bits per heavy atom. The largest absolute Gasteiger partial charge is 0.507 e. The van der Waals surface area contributed by atoms with Crippen LogP contribution in [0.5, 0.6) is 5.75 Å². The van der Waals surface area contributed by atoms with Crippen LogP contribution in [0.4, 0.5) is 0 Å². The summed E-state index contributed by atoms with van der Waals surface area (Å²) in [6, 6.07) is 6.99. The number of aliphatic hydroxyl groups excluding tert-OH is 1. The van der Waals surface area contributed by atoms with Crippen LogP contribution in [0.1, 0.15) is 18.4 Å².